The van der Waals surface area contributed by atoms with E-state index in [9.17, 15) is 0 Å². The van der Waals surface area contributed by atoms with Crippen molar-refractivity contribution in [2.45, 2.75) is 54.4 Å². The predicted molar refractivity (Wildman–Crippen MR) is 58.3 cm³/mol. The van der Waals surface area contributed by atoms with E-state index in [1.165, 1.54) is 12.8 Å². The topological polar surface area (TPSA) is 26.0 Å². The van der Waals surface area contributed by atoms with Gasteiger partial charge in [-0.25, -0.2) is 0 Å². The second kappa shape index (κ2) is 7.60. The first-order valence-electron chi connectivity index (χ1n) is 5.43. The van der Waals surface area contributed by atoms with Crippen molar-refractivity contribution >= 4 is 0 Å². The van der Waals surface area contributed by atoms with Crippen LogP contribution in [-0.4, -0.2) is 6.54 Å². The molecule has 0 amide bonds. The van der Waals surface area contributed by atoms with Crippen LogP contribution in [0.1, 0.15) is 54.4 Å². The Balaban J connectivity index is 0. The smallest absolute Gasteiger partial charge is 0.00435 e. The normalized spacial score (nSPS) is 30.8. The van der Waals surface area contributed by atoms with Crippen molar-refractivity contribution < 1.29 is 0 Å². The second-order valence-corrected chi connectivity index (χ2v) is 3.14. The van der Waals surface area contributed by atoms with E-state index in [1.807, 2.05) is 27.7 Å². The maximum atomic E-state index is 5.48. The molecule has 0 bridgehead atoms. The lowest BCUT2D eigenvalue weighted by atomic mass is 10.0. The SMILES string of the molecule is CC.CC.CCC1(C)CC1CN. The highest BCUT2D eigenvalue weighted by Crippen LogP contribution is 2.53. The monoisotopic (exact) mass is 173 g/mol. The number of hydrogen-bond donors (Lipinski definition) is 1. The third-order valence-electron chi connectivity index (χ3n) is 2.63. The van der Waals surface area contributed by atoms with Gasteiger partial charge in [0.25, 0.3) is 0 Å². The van der Waals surface area contributed by atoms with Crippen LogP contribution in [0, 0.1) is 11.3 Å². The maximum Gasteiger partial charge on any atom is -0.00435 e. The first-order valence-corrected chi connectivity index (χ1v) is 5.43. The number of hydrogen-bond acceptors (Lipinski definition) is 1. The van der Waals surface area contributed by atoms with Gasteiger partial charge in [-0.15, -0.1) is 0 Å². The minimum atomic E-state index is 0.634. The molecule has 2 unspecified atom stereocenters. The van der Waals surface area contributed by atoms with E-state index in [0.717, 1.165) is 12.5 Å². The standard InChI is InChI=1S/C7H15N.2C2H6/c1-3-7(2)4-6(7)5-8;2*1-2/h6H,3-5,8H2,1-2H3;2*1-2H3. The number of nitrogens with two attached hydrogens (primary N) is 1. The molecular weight excluding hydrogens is 146 g/mol. The molecule has 1 heteroatoms. The minimum absolute atomic E-state index is 0.634. The summed E-state index contributed by atoms with van der Waals surface area (Å²) in [6.45, 7) is 13.5. The van der Waals surface area contributed by atoms with Gasteiger partial charge < -0.3 is 5.73 Å². The summed E-state index contributed by atoms with van der Waals surface area (Å²) in [5.41, 5.74) is 6.12. The summed E-state index contributed by atoms with van der Waals surface area (Å²) in [6.07, 6.45) is 2.66. The van der Waals surface area contributed by atoms with E-state index in [4.69, 9.17) is 5.73 Å². The molecule has 1 aliphatic carbocycles. The molecule has 1 rings (SSSR count). The molecule has 0 radical (unpaired) electrons. The van der Waals surface area contributed by atoms with Gasteiger partial charge in [0.2, 0.25) is 0 Å². The average molecular weight is 173 g/mol. The summed E-state index contributed by atoms with van der Waals surface area (Å²) in [5, 5.41) is 0. The zero-order valence-electron chi connectivity index (χ0n) is 9.78. The maximum absolute atomic E-state index is 5.48. The summed E-state index contributed by atoms with van der Waals surface area (Å²) < 4.78 is 0. The Hall–Kier alpha value is -0.0400. The molecule has 0 aliphatic heterocycles. The van der Waals surface area contributed by atoms with Crippen LogP contribution in [0.3, 0.4) is 0 Å². The Bertz CT molecular complexity index is 91.0. The molecule has 1 saturated carbocycles. The van der Waals surface area contributed by atoms with E-state index in [0.29, 0.717) is 5.41 Å². The molecule has 0 saturated heterocycles. The highest BCUT2D eigenvalue weighted by molar-refractivity contribution is 4.97. The molecule has 0 aromatic rings. The Morgan fingerprint density at radius 1 is 1.25 bits per heavy atom. The Kier molecular flexibility index (Phi) is 9.17. The zero-order chi connectivity index (χ0) is 10.2. The third-order valence-corrected chi connectivity index (χ3v) is 2.63. The predicted octanol–water partition coefficient (Wildman–Crippen LogP) is 3.43. The first kappa shape index (κ1) is 14.5. The zero-order valence-corrected chi connectivity index (χ0v) is 9.78. The average Bonchev–Trinajstić information content (AvgIpc) is 2.85. The van der Waals surface area contributed by atoms with Crippen molar-refractivity contribution in [2.75, 3.05) is 6.54 Å². The van der Waals surface area contributed by atoms with Crippen LogP contribution >= 0.6 is 0 Å². The van der Waals surface area contributed by atoms with E-state index >= 15 is 0 Å². The summed E-state index contributed by atoms with van der Waals surface area (Å²) in [5.74, 6) is 0.840. The number of rotatable bonds is 2. The van der Waals surface area contributed by atoms with E-state index in [-0.39, 0.29) is 0 Å². The van der Waals surface area contributed by atoms with Gasteiger partial charge in [-0.2, -0.15) is 0 Å². The lowest BCUT2D eigenvalue weighted by Crippen LogP contribution is -2.06. The molecule has 1 fully saturated rings. The molecule has 12 heavy (non-hydrogen) atoms. The van der Waals surface area contributed by atoms with Crippen molar-refractivity contribution in [3.63, 3.8) is 0 Å². The summed E-state index contributed by atoms with van der Waals surface area (Å²) in [4.78, 5) is 0. The highest BCUT2D eigenvalue weighted by atomic mass is 14.7. The fraction of sp³-hybridized carbons (Fsp3) is 1.00. The Morgan fingerprint density at radius 3 is 1.75 bits per heavy atom. The van der Waals surface area contributed by atoms with Crippen molar-refractivity contribution in [1.82, 2.24) is 0 Å². The van der Waals surface area contributed by atoms with Crippen LogP contribution in [0.15, 0.2) is 0 Å². The van der Waals surface area contributed by atoms with Crippen molar-refractivity contribution in [3.8, 4) is 0 Å². The van der Waals surface area contributed by atoms with Crippen LogP contribution in [0.5, 0.6) is 0 Å². The molecule has 0 aromatic carbocycles. The van der Waals surface area contributed by atoms with Crippen LogP contribution in [-0.2, 0) is 0 Å². The molecule has 0 spiro atoms. The van der Waals surface area contributed by atoms with Crippen molar-refractivity contribution in [3.05, 3.63) is 0 Å². The fourth-order valence-electron chi connectivity index (χ4n) is 1.30. The lowest BCUT2D eigenvalue weighted by Gasteiger charge is -2.03. The lowest BCUT2D eigenvalue weighted by molar-refractivity contribution is 0.489. The molecule has 76 valence electrons. The minimum Gasteiger partial charge on any atom is -0.330 e. The fourth-order valence-corrected chi connectivity index (χ4v) is 1.30. The second-order valence-electron chi connectivity index (χ2n) is 3.14. The molecule has 1 nitrogen and oxygen atoms in total. The van der Waals surface area contributed by atoms with E-state index in [1.54, 1.807) is 0 Å². The van der Waals surface area contributed by atoms with E-state index in [2.05, 4.69) is 13.8 Å². The molecule has 2 atom stereocenters. The highest BCUT2D eigenvalue weighted by Gasteiger charge is 2.46. The van der Waals surface area contributed by atoms with Gasteiger partial charge in [-0.1, -0.05) is 48.0 Å². The molecule has 0 aromatic heterocycles. The summed E-state index contributed by atoms with van der Waals surface area (Å²) >= 11 is 0. The van der Waals surface area contributed by atoms with Crippen molar-refractivity contribution in [2.24, 2.45) is 17.1 Å². The third kappa shape index (κ3) is 4.10. The van der Waals surface area contributed by atoms with Crippen LogP contribution in [0.4, 0.5) is 0 Å². The molecule has 2 N–H and O–H groups in total. The van der Waals surface area contributed by atoms with E-state index < -0.39 is 0 Å². The molecule has 1 aliphatic rings. The summed E-state index contributed by atoms with van der Waals surface area (Å²) in [6, 6.07) is 0. The van der Waals surface area contributed by atoms with Gasteiger partial charge in [-0.05, 0) is 24.3 Å². The Morgan fingerprint density at radius 2 is 1.67 bits per heavy atom. The van der Waals surface area contributed by atoms with Crippen LogP contribution < -0.4 is 5.73 Å². The van der Waals surface area contributed by atoms with Gasteiger partial charge in [-0.3, -0.25) is 0 Å². The largest absolute Gasteiger partial charge is 0.330 e. The van der Waals surface area contributed by atoms with Gasteiger partial charge in [0.05, 0.1) is 0 Å². The van der Waals surface area contributed by atoms with Crippen LogP contribution in [0.25, 0.3) is 0 Å². The van der Waals surface area contributed by atoms with Gasteiger partial charge >= 0.3 is 0 Å². The van der Waals surface area contributed by atoms with Gasteiger partial charge in [0, 0.05) is 0 Å². The molecule has 0 heterocycles. The quantitative estimate of drug-likeness (QED) is 0.680. The van der Waals surface area contributed by atoms with Crippen LogP contribution in [0.2, 0.25) is 0 Å². The summed E-state index contributed by atoms with van der Waals surface area (Å²) in [7, 11) is 0. The Labute approximate surface area is 78.7 Å². The van der Waals surface area contributed by atoms with Gasteiger partial charge in [0.15, 0.2) is 0 Å². The first-order chi connectivity index (χ1) is 5.73. The molecular formula is C11H27N. The van der Waals surface area contributed by atoms with Gasteiger partial charge in [0.1, 0.15) is 0 Å². The van der Waals surface area contributed by atoms with Crippen molar-refractivity contribution in [1.29, 1.82) is 0 Å².